The average molecular weight is 311 g/mol. The highest BCUT2D eigenvalue weighted by Gasteiger charge is 2.24. The number of nitrogen functional groups attached to an aromatic ring is 1. The van der Waals surface area contributed by atoms with Crippen LogP contribution in [0, 0.1) is 6.92 Å². The normalized spacial score (nSPS) is 11.8. The van der Waals surface area contributed by atoms with Crippen molar-refractivity contribution < 1.29 is 17.7 Å². The van der Waals surface area contributed by atoms with Crippen LogP contribution in [0.4, 0.5) is 5.69 Å². The summed E-state index contributed by atoms with van der Waals surface area (Å²) < 4.78 is 36.1. The lowest BCUT2D eigenvalue weighted by Crippen LogP contribution is -2.27. The van der Waals surface area contributed by atoms with E-state index in [2.05, 4.69) is 5.16 Å². The number of hydrogen-bond donors (Lipinski definition) is 1. The van der Waals surface area contributed by atoms with Crippen molar-refractivity contribution in [1.82, 2.24) is 9.46 Å². The third-order valence-electron chi connectivity index (χ3n) is 2.97. The molecule has 0 saturated carbocycles. The maximum absolute atomic E-state index is 12.5. The molecule has 1 aromatic heterocycles. The van der Waals surface area contributed by atoms with Crippen LogP contribution in [-0.2, 0) is 16.6 Å². The van der Waals surface area contributed by atoms with Crippen molar-refractivity contribution >= 4 is 15.7 Å². The van der Waals surface area contributed by atoms with E-state index in [1.54, 1.807) is 19.1 Å². The number of methoxy groups -OCH3 is 1. The standard InChI is InChI=1S/C13H17N3O4S/c1-9-6-10(15-20-9)8-16(2)21(17,18)13-5-4-11(19-3)7-12(13)14/h4-7H,8,14H2,1-3H3. The number of ether oxygens (including phenoxy) is 1. The Bertz CT molecular complexity index is 740. The van der Waals surface area contributed by atoms with E-state index in [1.165, 1.54) is 30.6 Å². The molecule has 2 N–H and O–H groups in total. The largest absolute Gasteiger partial charge is 0.497 e. The Hall–Kier alpha value is -2.06. The third-order valence-corrected chi connectivity index (χ3v) is 4.84. The molecule has 1 heterocycles. The van der Waals surface area contributed by atoms with Crippen molar-refractivity contribution in [3.05, 3.63) is 35.7 Å². The molecule has 8 heteroatoms. The Morgan fingerprint density at radius 3 is 2.62 bits per heavy atom. The van der Waals surface area contributed by atoms with Gasteiger partial charge in [-0.3, -0.25) is 0 Å². The average Bonchev–Trinajstić information content (AvgIpc) is 2.83. The molecule has 21 heavy (non-hydrogen) atoms. The van der Waals surface area contributed by atoms with Gasteiger partial charge >= 0.3 is 0 Å². The van der Waals surface area contributed by atoms with Crippen LogP contribution in [0.2, 0.25) is 0 Å². The topological polar surface area (TPSA) is 98.7 Å². The molecule has 1 aromatic carbocycles. The second-order valence-corrected chi connectivity index (χ2v) is 6.61. The van der Waals surface area contributed by atoms with E-state index in [-0.39, 0.29) is 17.1 Å². The first-order chi connectivity index (χ1) is 9.84. The lowest BCUT2D eigenvalue weighted by Gasteiger charge is -2.17. The zero-order valence-corrected chi connectivity index (χ0v) is 12.8. The molecule has 0 amide bonds. The van der Waals surface area contributed by atoms with E-state index < -0.39 is 10.0 Å². The number of sulfonamides is 1. The van der Waals surface area contributed by atoms with E-state index in [0.29, 0.717) is 17.2 Å². The molecule has 0 fully saturated rings. The molecular formula is C13H17N3O4S. The number of aromatic nitrogens is 1. The SMILES string of the molecule is COc1ccc(S(=O)(=O)N(C)Cc2cc(C)on2)c(N)c1. The summed E-state index contributed by atoms with van der Waals surface area (Å²) >= 11 is 0. The number of hydrogen-bond acceptors (Lipinski definition) is 6. The van der Waals surface area contributed by atoms with Gasteiger partial charge in [0.05, 0.1) is 25.0 Å². The predicted molar refractivity (Wildman–Crippen MR) is 77.3 cm³/mol. The fourth-order valence-electron chi connectivity index (χ4n) is 1.86. The number of rotatable bonds is 5. The molecule has 0 aliphatic rings. The summed E-state index contributed by atoms with van der Waals surface area (Å²) in [4.78, 5) is 0.0333. The highest BCUT2D eigenvalue weighted by atomic mass is 32.2. The lowest BCUT2D eigenvalue weighted by molar-refractivity contribution is 0.378. The predicted octanol–water partition coefficient (Wildman–Crippen LogP) is 1.39. The van der Waals surface area contributed by atoms with Gasteiger partial charge in [-0.1, -0.05) is 5.16 Å². The Morgan fingerprint density at radius 2 is 2.10 bits per heavy atom. The van der Waals surface area contributed by atoms with Crippen molar-refractivity contribution in [3.8, 4) is 5.75 Å². The first-order valence-electron chi connectivity index (χ1n) is 6.16. The van der Waals surface area contributed by atoms with Crippen molar-refractivity contribution in [3.63, 3.8) is 0 Å². The maximum atomic E-state index is 12.5. The van der Waals surface area contributed by atoms with Gasteiger partial charge in [0.1, 0.15) is 16.4 Å². The maximum Gasteiger partial charge on any atom is 0.245 e. The molecule has 0 spiro atoms. The minimum Gasteiger partial charge on any atom is -0.497 e. The van der Waals surface area contributed by atoms with Gasteiger partial charge in [-0.05, 0) is 19.1 Å². The molecule has 0 bridgehead atoms. The second kappa shape index (κ2) is 5.74. The number of nitrogens with zero attached hydrogens (tertiary/aromatic N) is 2. The first-order valence-corrected chi connectivity index (χ1v) is 7.60. The zero-order chi connectivity index (χ0) is 15.6. The van der Waals surface area contributed by atoms with Gasteiger partial charge in [0.15, 0.2) is 0 Å². The van der Waals surface area contributed by atoms with Gasteiger partial charge < -0.3 is 15.0 Å². The molecule has 0 aliphatic carbocycles. The van der Waals surface area contributed by atoms with Gasteiger partial charge in [-0.25, -0.2) is 8.42 Å². The molecule has 0 radical (unpaired) electrons. The molecule has 7 nitrogen and oxygen atoms in total. The van der Waals surface area contributed by atoms with E-state index >= 15 is 0 Å². The zero-order valence-electron chi connectivity index (χ0n) is 12.0. The van der Waals surface area contributed by atoms with Crippen LogP contribution in [0.3, 0.4) is 0 Å². The van der Waals surface area contributed by atoms with Gasteiger partial charge in [0.25, 0.3) is 0 Å². The summed E-state index contributed by atoms with van der Waals surface area (Å²) in [5.74, 6) is 1.13. The molecule has 2 rings (SSSR count). The molecule has 0 unspecified atom stereocenters. The molecule has 2 aromatic rings. The van der Waals surface area contributed by atoms with Crippen LogP contribution in [0.1, 0.15) is 11.5 Å². The first kappa shape index (κ1) is 15.3. The summed E-state index contributed by atoms with van der Waals surface area (Å²) in [7, 11) is -0.763. The number of anilines is 1. The van der Waals surface area contributed by atoms with Gasteiger partial charge in [0, 0.05) is 19.2 Å². The monoisotopic (exact) mass is 311 g/mol. The number of benzene rings is 1. The summed E-state index contributed by atoms with van der Waals surface area (Å²) in [6, 6.07) is 6.13. The Labute approximate surface area is 123 Å². The fraction of sp³-hybridized carbons (Fsp3) is 0.308. The van der Waals surface area contributed by atoms with Crippen molar-refractivity contribution in [1.29, 1.82) is 0 Å². The minimum atomic E-state index is -3.71. The van der Waals surface area contributed by atoms with E-state index in [1.807, 2.05) is 0 Å². The van der Waals surface area contributed by atoms with E-state index in [4.69, 9.17) is 15.0 Å². The van der Waals surface area contributed by atoms with Crippen LogP contribution >= 0.6 is 0 Å². The Kier molecular flexibility index (Phi) is 4.19. The summed E-state index contributed by atoms with van der Waals surface area (Å²) in [5, 5.41) is 3.78. The van der Waals surface area contributed by atoms with E-state index in [9.17, 15) is 8.42 Å². The minimum absolute atomic E-state index is 0.0333. The Morgan fingerprint density at radius 1 is 1.38 bits per heavy atom. The van der Waals surface area contributed by atoms with Crippen molar-refractivity contribution in [2.75, 3.05) is 19.9 Å². The molecule has 0 atom stereocenters. The smallest absolute Gasteiger partial charge is 0.245 e. The molecule has 0 aliphatic heterocycles. The van der Waals surface area contributed by atoms with Gasteiger partial charge in [0.2, 0.25) is 10.0 Å². The molecular weight excluding hydrogens is 294 g/mol. The lowest BCUT2D eigenvalue weighted by atomic mass is 10.3. The highest BCUT2D eigenvalue weighted by Crippen LogP contribution is 2.26. The van der Waals surface area contributed by atoms with Crippen LogP contribution in [0.5, 0.6) is 5.75 Å². The number of nitrogens with two attached hydrogens (primary N) is 1. The molecule has 0 saturated heterocycles. The Balaban J connectivity index is 2.28. The quantitative estimate of drug-likeness (QED) is 0.838. The molecule has 114 valence electrons. The highest BCUT2D eigenvalue weighted by molar-refractivity contribution is 7.89. The number of aryl methyl sites for hydroxylation is 1. The van der Waals surface area contributed by atoms with Gasteiger partial charge in [-0.2, -0.15) is 4.31 Å². The van der Waals surface area contributed by atoms with Crippen LogP contribution in [0.15, 0.2) is 33.7 Å². The van der Waals surface area contributed by atoms with Crippen LogP contribution < -0.4 is 10.5 Å². The fourth-order valence-corrected chi connectivity index (χ4v) is 3.10. The van der Waals surface area contributed by atoms with Gasteiger partial charge in [-0.15, -0.1) is 0 Å². The third kappa shape index (κ3) is 3.17. The summed E-state index contributed by atoms with van der Waals surface area (Å²) in [6.45, 7) is 1.84. The van der Waals surface area contributed by atoms with E-state index in [0.717, 1.165) is 0 Å². The van der Waals surface area contributed by atoms with Crippen LogP contribution in [-0.4, -0.2) is 32.0 Å². The van der Waals surface area contributed by atoms with Crippen molar-refractivity contribution in [2.24, 2.45) is 0 Å². The second-order valence-electron chi connectivity index (χ2n) is 4.59. The van der Waals surface area contributed by atoms with Crippen LogP contribution in [0.25, 0.3) is 0 Å². The van der Waals surface area contributed by atoms with Crippen molar-refractivity contribution in [2.45, 2.75) is 18.4 Å². The summed E-state index contributed by atoms with van der Waals surface area (Å²) in [5.41, 5.74) is 6.47. The summed E-state index contributed by atoms with van der Waals surface area (Å²) in [6.07, 6.45) is 0.